The Balaban J connectivity index is 2.05. The Bertz CT molecular complexity index is 252. The molecule has 1 atom stereocenters. The Hall–Kier alpha value is -0.0800. The third-order valence-electron chi connectivity index (χ3n) is 5.65. The second-order valence-corrected chi connectivity index (χ2v) is 6.96. The molecule has 0 radical (unpaired) electrons. The number of nitrogens with one attached hydrogen (secondary N) is 1. The van der Waals surface area contributed by atoms with Gasteiger partial charge in [-0.2, -0.15) is 0 Å². The standard InChI is InChI=1S/C18H36N2/c1-3-5-7-12-17(19-4-2)18(13-8-9-14-18)20-15-10-6-11-16-20/h17,19H,3-16H2,1-2H3. The molecule has 118 valence electrons. The van der Waals surface area contributed by atoms with Gasteiger partial charge in [-0.1, -0.05) is 52.4 Å². The summed E-state index contributed by atoms with van der Waals surface area (Å²) in [6.07, 6.45) is 15.6. The Morgan fingerprint density at radius 1 is 0.950 bits per heavy atom. The number of likely N-dealkylation sites (N-methyl/N-ethyl adjacent to an activating group) is 1. The monoisotopic (exact) mass is 280 g/mol. The van der Waals surface area contributed by atoms with Gasteiger partial charge in [0.1, 0.15) is 0 Å². The van der Waals surface area contributed by atoms with E-state index in [-0.39, 0.29) is 0 Å². The fourth-order valence-electron chi connectivity index (χ4n) is 4.62. The van der Waals surface area contributed by atoms with Gasteiger partial charge in [0.25, 0.3) is 0 Å². The zero-order chi connectivity index (χ0) is 14.3. The van der Waals surface area contributed by atoms with Gasteiger partial charge in [-0.05, 0) is 51.7 Å². The number of hydrogen-bond acceptors (Lipinski definition) is 2. The van der Waals surface area contributed by atoms with Crippen molar-refractivity contribution < 1.29 is 0 Å². The SMILES string of the molecule is CCCCCC(NCC)C1(N2CCCCC2)CCCC1. The highest BCUT2D eigenvalue weighted by Crippen LogP contribution is 2.41. The van der Waals surface area contributed by atoms with E-state index in [1.807, 2.05) is 0 Å². The quantitative estimate of drug-likeness (QED) is 0.665. The maximum atomic E-state index is 3.88. The van der Waals surface area contributed by atoms with Crippen LogP contribution in [0.1, 0.15) is 84.5 Å². The van der Waals surface area contributed by atoms with Gasteiger partial charge in [-0.25, -0.2) is 0 Å². The van der Waals surface area contributed by atoms with Crippen molar-refractivity contribution in [2.24, 2.45) is 0 Å². The molecule has 0 aromatic carbocycles. The number of unbranched alkanes of at least 4 members (excludes halogenated alkanes) is 2. The smallest absolute Gasteiger partial charge is 0.0362 e. The molecule has 2 heteroatoms. The molecule has 0 bridgehead atoms. The summed E-state index contributed by atoms with van der Waals surface area (Å²) in [7, 11) is 0. The predicted octanol–water partition coefficient (Wildman–Crippen LogP) is 4.34. The minimum absolute atomic E-state index is 0.504. The first-order valence-corrected chi connectivity index (χ1v) is 9.32. The van der Waals surface area contributed by atoms with Crippen LogP contribution < -0.4 is 5.32 Å². The maximum Gasteiger partial charge on any atom is 0.0362 e. The molecule has 2 nitrogen and oxygen atoms in total. The summed E-state index contributed by atoms with van der Waals surface area (Å²) in [6.45, 7) is 8.45. The Morgan fingerprint density at radius 2 is 1.65 bits per heavy atom. The predicted molar refractivity (Wildman–Crippen MR) is 88.2 cm³/mol. The van der Waals surface area contributed by atoms with Crippen LogP contribution in [0.4, 0.5) is 0 Å². The maximum absolute atomic E-state index is 3.88. The van der Waals surface area contributed by atoms with E-state index < -0.39 is 0 Å². The molecule has 1 heterocycles. The van der Waals surface area contributed by atoms with Gasteiger partial charge >= 0.3 is 0 Å². The van der Waals surface area contributed by atoms with E-state index in [2.05, 4.69) is 24.1 Å². The molecule has 20 heavy (non-hydrogen) atoms. The molecule has 0 amide bonds. The summed E-state index contributed by atoms with van der Waals surface area (Å²) in [4.78, 5) is 2.89. The van der Waals surface area contributed by atoms with E-state index >= 15 is 0 Å². The van der Waals surface area contributed by atoms with Crippen LogP contribution in [0, 0.1) is 0 Å². The fourth-order valence-corrected chi connectivity index (χ4v) is 4.62. The summed E-state index contributed by atoms with van der Waals surface area (Å²) in [6, 6.07) is 0.736. The van der Waals surface area contributed by atoms with Crippen LogP contribution in [0.15, 0.2) is 0 Å². The zero-order valence-corrected chi connectivity index (χ0v) is 13.9. The second-order valence-electron chi connectivity index (χ2n) is 6.96. The van der Waals surface area contributed by atoms with E-state index in [1.54, 1.807) is 0 Å². The van der Waals surface area contributed by atoms with Gasteiger partial charge in [0.2, 0.25) is 0 Å². The Kier molecular flexibility index (Phi) is 6.83. The molecule has 0 aromatic heterocycles. The highest BCUT2D eigenvalue weighted by molar-refractivity contribution is 5.04. The van der Waals surface area contributed by atoms with Crippen molar-refractivity contribution in [1.82, 2.24) is 10.2 Å². The lowest BCUT2D eigenvalue weighted by Gasteiger charge is -2.49. The average Bonchev–Trinajstić information content (AvgIpc) is 2.98. The van der Waals surface area contributed by atoms with Crippen LogP contribution in [-0.2, 0) is 0 Å². The van der Waals surface area contributed by atoms with Crippen LogP contribution >= 0.6 is 0 Å². The van der Waals surface area contributed by atoms with Crippen molar-refractivity contribution in [3.63, 3.8) is 0 Å². The van der Waals surface area contributed by atoms with Gasteiger partial charge < -0.3 is 5.32 Å². The van der Waals surface area contributed by atoms with Crippen molar-refractivity contribution in [2.75, 3.05) is 19.6 Å². The first-order chi connectivity index (χ1) is 9.83. The van der Waals surface area contributed by atoms with Crippen molar-refractivity contribution >= 4 is 0 Å². The molecule has 2 fully saturated rings. The molecular formula is C18H36N2. The number of hydrogen-bond donors (Lipinski definition) is 1. The topological polar surface area (TPSA) is 15.3 Å². The summed E-state index contributed by atoms with van der Waals surface area (Å²) in [5.41, 5.74) is 0.504. The van der Waals surface area contributed by atoms with Crippen LogP contribution in [0.3, 0.4) is 0 Å². The molecule has 2 aliphatic rings. The molecule has 1 N–H and O–H groups in total. The summed E-state index contributed by atoms with van der Waals surface area (Å²) in [5.74, 6) is 0. The van der Waals surface area contributed by atoms with Gasteiger partial charge in [0.15, 0.2) is 0 Å². The Morgan fingerprint density at radius 3 is 2.25 bits per heavy atom. The summed E-state index contributed by atoms with van der Waals surface area (Å²) in [5, 5.41) is 3.88. The van der Waals surface area contributed by atoms with Gasteiger partial charge in [-0.3, -0.25) is 4.90 Å². The lowest BCUT2D eigenvalue weighted by molar-refractivity contribution is 0.0336. The van der Waals surface area contributed by atoms with Crippen LogP contribution in [0.5, 0.6) is 0 Å². The third kappa shape index (κ3) is 3.76. The molecule has 1 aliphatic carbocycles. The normalized spacial score (nSPS) is 24.9. The minimum Gasteiger partial charge on any atom is -0.312 e. The fraction of sp³-hybridized carbons (Fsp3) is 1.00. The molecule has 0 aromatic rings. The summed E-state index contributed by atoms with van der Waals surface area (Å²) < 4.78 is 0. The number of nitrogens with zero attached hydrogens (tertiary/aromatic N) is 1. The second kappa shape index (κ2) is 8.38. The molecule has 1 aliphatic heterocycles. The van der Waals surface area contributed by atoms with E-state index in [4.69, 9.17) is 0 Å². The largest absolute Gasteiger partial charge is 0.312 e. The highest BCUT2D eigenvalue weighted by Gasteiger charge is 2.45. The van der Waals surface area contributed by atoms with Crippen molar-refractivity contribution in [1.29, 1.82) is 0 Å². The number of likely N-dealkylation sites (tertiary alicyclic amines) is 1. The van der Waals surface area contributed by atoms with Crippen LogP contribution in [-0.4, -0.2) is 36.1 Å². The van der Waals surface area contributed by atoms with Gasteiger partial charge in [-0.15, -0.1) is 0 Å². The average molecular weight is 280 g/mol. The minimum atomic E-state index is 0.504. The van der Waals surface area contributed by atoms with Crippen LogP contribution in [0.2, 0.25) is 0 Å². The highest BCUT2D eigenvalue weighted by atomic mass is 15.2. The van der Waals surface area contributed by atoms with E-state index in [1.165, 1.54) is 83.7 Å². The lowest BCUT2D eigenvalue weighted by Crippen LogP contribution is -2.61. The summed E-state index contributed by atoms with van der Waals surface area (Å²) >= 11 is 0. The first-order valence-electron chi connectivity index (χ1n) is 9.32. The molecule has 2 rings (SSSR count). The molecular weight excluding hydrogens is 244 g/mol. The van der Waals surface area contributed by atoms with Crippen molar-refractivity contribution in [3.05, 3.63) is 0 Å². The van der Waals surface area contributed by atoms with Gasteiger partial charge in [0.05, 0.1) is 0 Å². The number of rotatable bonds is 8. The Labute approximate surface area is 126 Å². The van der Waals surface area contributed by atoms with E-state index in [0.717, 1.165) is 12.6 Å². The molecule has 1 unspecified atom stereocenters. The zero-order valence-electron chi connectivity index (χ0n) is 13.9. The molecule has 1 saturated heterocycles. The first kappa shape index (κ1) is 16.3. The molecule has 0 spiro atoms. The third-order valence-corrected chi connectivity index (χ3v) is 5.65. The van der Waals surface area contributed by atoms with Crippen LogP contribution in [0.25, 0.3) is 0 Å². The van der Waals surface area contributed by atoms with Gasteiger partial charge in [0, 0.05) is 11.6 Å². The molecule has 1 saturated carbocycles. The van der Waals surface area contributed by atoms with Crippen molar-refractivity contribution in [2.45, 2.75) is 96.1 Å². The van der Waals surface area contributed by atoms with E-state index in [0.29, 0.717) is 5.54 Å². The van der Waals surface area contributed by atoms with Crippen molar-refractivity contribution in [3.8, 4) is 0 Å². The lowest BCUT2D eigenvalue weighted by atomic mass is 9.81. The number of piperidine rings is 1. The van der Waals surface area contributed by atoms with E-state index in [9.17, 15) is 0 Å².